The Bertz CT molecular complexity index is 480. The highest BCUT2D eigenvalue weighted by atomic mass is 35.5. The number of anilines is 1. The summed E-state index contributed by atoms with van der Waals surface area (Å²) in [7, 11) is 0. The van der Waals surface area contributed by atoms with E-state index in [0.717, 1.165) is 30.8 Å². The SMILES string of the molecule is [N-]=[N+]=NC(=O)CCCc1ccc(N(CCCl)CCCl)cc1. The highest BCUT2D eigenvalue weighted by molar-refractivity contribution is 6.18. The lowest BCUT2D eigenvalue weighted by Gasteiger charge is -2.23. The number of carbonyl (C=O) groups excluding carboxylic acids is 1. The summed E-state index contributed by atoms with van der Waals surface area (Å²) in [6, 6.07) is 8.12. The van der Waals surface area contributed by atoms with Crippen molar-refractivity contribution in [3.8, 4) is 0 Å². The number of hydrogen-bond acceptors (Lipinski definition) is 2. The summed E-state index contributed by atoms with van der Waals surface area (Å²) in [5.41, 5.74) is 10.4. The smallest absolute Gasteiger partial charge is 0.218 e. The number of nitrogens with zero attached hydrogens (tertiary/aromatic N) is 4. The molecule has 114 valence electrons. The quantitative estimate of drug-likeness (QED) is 0.296. The molecule has 0 saturated carbocycles. The van der Waals surface area contributed by atoms with Gasteiger partial charge in [-0.05, 0) is 41.2 Å². The van der Waals surface area contributed by atoms with Gasteiger partial charge in [0, 0.05) is 41.9 Å². The second kappa shape index (κ2) is 10.3. The minimum Gasteiger partial charge on any atom is -0.369 e. The van der Waals surface area contributed by atoms with Crippen LogP contribution in [0.5, 0.6) is 0 Å². The van der Waals surface area contributed by atoms with E-state index >= 15 is 0 Å². The van der Waals surface area contributed by atoms with E-state index in [9.17, 15) is 4.79 Å². The first-order chi connectivity index (χ1) is 10.2. The van der Waals surface area contributed by atoms with Gasteiger partial charge >= 0.3 is 0 Å². The van der Waals surface area contributed by atoms with Gasteiger partial charge in [-0.2, -0.15) is 0 Å². The second-order valence-electron chi connectivity index (χ2n) is 4.47. The van der Waals surface area contributed by atoms with Crippen LogP contribution < -0.4 is 4.90 Å². The van der Waals surface area contributed by atoms with E-state index in [1.807, 2.05) is 24.3 Å². The Morgan fingerprint density at radius 2 is 1.81 bits per heavy atom. The van der Waals surface area contributed by atoms with E-state index in [-0.39, 0.29) is 6.42 Å². The lowest BCUT2D eigenvalue weighted by atomic mass is 10.1. The molecule has 0 bridgehead atoms. The molecule has 1 amide bonds. The fourth-order valence-electron chi connectivity index (χ4n) is 1.99. The van der Waals surface area contributed by atoms with Crippen molar-refractivity contribution in [3.63, 3.8) is 0 Å². The van der Waals surface area contributed by atoms with Crippen LogP contribution in [0.4, 0.5) is 5.69 Å². The van der Waals surface area contributed by atoms with Gasteiger partial charge in [-0.25, -0.2) is 0 Å². The fraction of sp³-hybridized carbons (Fsp3) is 0.500. The molecule has 21 heavy (non-hydrogen) atoms. The molecular formula is C14H18Cl2N4O. The molecule has 0 radical (unpaired) electrons. The van der Waals surface area contributed by atoms with E-state index < -0.39 is 5.91 Å². The Hall–Kier alpha value is -1.42. The average Bonchev–Trinajstić information content (AvgIpc) is 2.48. The van der Waals surface area contributed by atoms with E-state index in [1.54, 1.807) is 0 Å². The lowest BCUT2D eigenvalue weighted by Crippen LogP contribution is -2.27. The van der Waals surface area contributed by atoms with Gasteiger partial charge in [-0.3, -0.25) is 4.79 Å². The van der Waals surface area contributed by atoms with Crippen molar-refractivity contribution < 1.29 is 4.79 Å². The van der Waals surface area contributed by atoms with Gasteiger partial charge in [0.2, 0.25) is 5.91 Å². The van der Waals surface area contributed by atoms with Gasteiger partial charge in [0.1, 0.15) is 0 Å². The number of benzene rings is 1. The first-order valence-corrected chi connectivity index (χ1v) is 7.82. The van der Waals surface area contributed by atoms with Crippen molar-refractivity contribution in [3.05, 3.63) is 40.3 Å². The molecule has 5 nitrogen and oxygen atoms in total. The Morgan fingerprint density at radius 3 is 2.33 bits per heavy atom. The zero-order chi connectivity index (χ0) is 15.5. The van der Waals surface area contributed by atoms with Crippen LogP contribution in [0.3, 0.4) is 0 Å². The Balaban J connectivity index is 2.52. The van der Waals surface area contributed by atoms with E-state index in [0.29, 0.717) is 18.2 Å². The highest BCUT2D eigenvalue weighted by Crippen LogP contribution is 2.17. The molecular weight excluding hydrogens is 311 g/mol. The van der Waals surface area contributed by atoms with Crippen LogP contribution in [-0.4, -0.2) is 30.8 Å². The summed E-state index contributed by atoms with van der Waals surface area (Å²) in [6.07, 6.45) is 1.72. The van der Waals surface area contributed by atoms with Crippen molar-refractivity contribution in [2.45, 2.75) is 19.3 Å². The Labute approximate surface area is 134 Å². The molecule has 0 aliphatic carbocycles. The maximum Gasteiger partial charge on any atom is 0.218 e. The van der Waals surface area contributed by atoms with Crippen LogP contribution in [0.2, 0.25) is 0 Å². The predicted octanol–water partition coefficient (Wildman–Crippen LogP) is 4.13. The van der Waals surface area contributed by atoms with Gasteiger partial charge in [-0.1, -0.05) is 12.1 Å². The van der Waals surface area contributed by atoms with Gasteiger partial charge in [-0.15, -0.1) is 23.2 Å². The molecule has 0 aliphatic rings. The standard InChI is InChI=1S/C14H18Cl2N4O/c15-8-10-20(11-9-16)13-6-4-12(5-7-13)2-1-3-14(21)18-19-17/h4-7H,1-3,8-11H2. The zero-order valence-electron chi connectivity index (χ0n) is 11.7. The first kappa shape index (κ1) is 17.6. The molecule has 0 spiro atoms. The van der Waals surface area contributed by atoms with Crippen LogP contribution in [0, 0.1) is 0 Å². The molecule has 1 rings (SSSR count). The monoisotopic (exact) mass is 328 g/mol. The van der Waals surface area contributed by atoms with Crippen LogP contribution in [0.25, 0.3) is 10.4 Å². The molecule has 0 heterocycles. The third kappa shape index (κ3) is 6.71. The molecule has 1 aromatic carbocycles. The predicted molar refractivity (Wildman–Crippen MR) is 87.2 cm³/mol. The summed E-state index contributed by atoms with van der Waals surface area (Å²) in [6.45, 7) is 1.52. The van der Waals surface area contributed by atoms with Crippen molar-refractivity contribution >= 4 is 34.8 Å². The van der Waals surface area contributed by atoms with Crippen molar-refractivity contribution in [1.29, 1.82) is 0 Å². The molecule has 1 aromatic rings. The first-order valence-electron chi connectivity index (χ1n) is 6.75. The van der Waals surface area contributed by atoms with E-state index in [2.05, 4.69) is 14.9 Å². The largest absolute Gasteiger partial charge is 0.369 e. The average molecular weight is 329 g/mol. The van der Waals surface area contributed by atoms with Gasteiger partial charge < -0.3 is 4.90 Å². The molecule has 7 heteroatoms. The molecule has 0 N–H and O–H groups in total. The fourth-order valence-corrected chi connectivity index (χ4v) is 2.40. The van der Waals surface area contributed by atoms with Crippen LogP contribution in [-0.2, 0) is 11.2 Å². The van der Waals surface area contributed by atoms with Gasteiger partial charge in [0.15, 0.2) is 0 Å². The van der Waals surface area contributed by atoms with Crippen LogP contribution >= 0.6 is 23.2 Å². The number of amides is 1. The summed E-state index contributed by atoms with van der Waals surface area (Å²) in [5.74, 6) is 0.699. The number of hydrogen-bond donors (Lipinski definition) is 0. The second-order valence-corrected chi connectivity index (χ2v) is 5.22. The summed E-state index contributed by atoms with van der Waals surface area (Å²) < 4.78 is 0. The zero-order valence-corrected chi connectivity index (χ0v) is 13.2. The summed E-state index contributed by atoms with van der Waals surface area (Å²) in [5, 5.41) is 3.04. The molecule has 0 fully saturated rings. The molecule has 0 unspecified atom stereocenters. The number of halogens is 2. The number of aryl methyl sites for hydroxylation is 1. The van der Waals surface area contributed by atoms with Gasteiger partial charge in [0.25, 0.3) is 0 Å². The van der Waals surface area contributed by atoms with Crippen LogP contribution in [0.15, 0.2) is 29.4 Å². The molecule has 0 saturated heterocycles. The van der Waals surface area contributed by atoms with Gasteiger partial charge in [0.05, 0.1) is 0 Å². The number of alkyl halides is 2. The lowest BCUT2D eigenvalue weighted by molar-refractivity contribution is -0.118. The third-order valence-electron chi connectivity index (χ3n) is 3.02. The van der Waals surface area contributed by atoms with Crippen LogP contribution in [0.1, 0.15) is 18.4 Å². The normalized spacial score (nSPS) is 10.0. The van der Waals surface area contributed by atoms with Crippen molar-refractivity contribution in [1.82, 2.24) is 0 Å². The van der Waals surface area contributed by atoms with Crippen molar-refractivity contribution in [2.75, 3.05) is 29.7 Å². The minimum absolute atomic E-state index is 0.274. The Kier molecular flexibility index (Phi) is 8.67. The number of rotatable bonds is 9. The summed E-state index contributed by atoms with van der Waals surface area (Å²) >= 11 is 11.6. The van der Waals surface area contributed by atoms with Crippen molar-refractivity contribution in [2.24, 2.45) is 5.11 Å². The molecule has 0 aromatic heterocycles. The minimum atomic E-state index is -0.412. The molecule has 0 atom stereocenters. The molecule has 0 aliphatic heterocycles. The number of carbonyl (C=O) groups is 1. The summed E-state index contributed by atoms with van der Waals surface area (Å²) in [4.78, 5) is 15.7. The number of azide groups is 1. The maximum absolute atomic E-state index is 11.1. The maximum atomic E-state index is 11.1. The van der Waals surface area contributed by atoms with E-state index in [4.69, 9.17) is 28.7 Å². The highest BCUT2D eigenvalue weighted by Gasteiger charge is 2.05. The third-order valence-corrected chi connectivity index (χ3v) is 3.36. The van der Waals surface area contributed by atoms with E-state index in [1.165, 1.54) is 0 Å². The Morgan fingerprint density at radius 1 is 1.19 bits per heavy atom. The topological polar surface area (TPSA) is 69.1 Å².